The van der Waals surface area contributed by atoms with Crippen LogP contribution in [-0.4, -0.2) is 44.3 Å². The first-order chi connectivity index (χ1) is 7.78. The largest absolute Gasteiger partial charge is 0.467 e. The predicted molar refractivity (Wildman–Crippen MR) is 63.3 cm³/mol. The molecule has 0 aromatic carbocycles. The van der Waals surface area contributed by atoms with Crippen LogP contribution in [0, 0.1) is 5.92 Å². The van der Waals surface area contributed by atoms with E-state index in [-0.39, 0.29) is 18.6 Å². The van der Waals surface area contributed by atoms with Gasteiger partial charge in [-0.15, -0.1) is 0 Å². The number of carbonyl (C=O) groups is 2. The minimum absolute atomic E-state index is 0.0388. The van der Waals surface area contributed by atoms with Crippen LogP contribution in [0.5, 0.6) is 0 Å². The van der Waals surface area contributed by atoms with Crippen molar-refractivity contribution in [2.75, 3.05) is 20.8 Å². The van der Waals surface area contributed by atoms with Crippen LogP contribution in [-0.2, 0) is 19.1 Å². The van der Waals surface area contributed by atoms with Crippen molar-refractivity contribution in [3.8, 4) is 0 Å². The molecule has 3 unspecified atom stereocenters. The van der Waals surface area contributed by atoms with Gasteiger partial charge in [0.25, 0.3) is 0 Å². The quantitative estimate of drug-likeness (QED) is 0.626. The molecule has 0 radical (unpaired) electrons. The Hall–Kier alpha value is -1.14. The molecule has 6 nitrogen and oxygen atoms in total. The van der Waals surface area contributed by atoms with E-state index in [0.29, 0.717) is 0 Å². The van der Waals surface area contributed by atoms with Crippen molar-refractivity contribution < 1.29 is 19.1 Å². The molecule has 0 rings (SSSR count). The van der Waals surface area contributed by atoms with Crippen molar-refractivity contribution in [2.45, 2.75) is 32.4 Å². The zero-order valence-corrected chi connectivity index (χ0v) is 11.1. The maximum Gasteiger partial charge on any atom is 0.333 e. The fourth-order valence-electron chi connectivity index (χ4n) is 1.28. The molecular weight excluding hydrogens is 224 g/mol. The summed E-state index contributed by atoms with van der Waals surface area (Å²) in [5, 5.41) is 2.61. The van der Waals surface area contributed by atoms with Crippen molar-refractivity contribution in [2.24, 2.45) is 11.7 Å². The van der Waals surface area contributed by atoms with Gasteiger partial charge < -0.3 is 20.5 Å². The summed E-state index contributed by atoms with van der Waals surface area (Å²) < 4.78 is 9.57. The molecule has 0 saturated carbocycles. The second kappa shape index (κ2) is 6.56. The molecule has 0 aliphatic heterocycles. The maximum absolute atomic E-state index is 11.8. The Balaban J connectivity index is 4.76. The molecule has 3 atom stereocenters. The molecule has 0 bridgehead atoms. The number of hydrogen-bond acceptors (Lipinski definition) is 5. The Bertz CT molecular complexity index is 281. The zero-order chi connectivity index (χ0) is 13.6. The summed E-state index contributed by atoms with van der Waals surface area (Å²) in [5.74, 6) is -1.25. The molecule has 0 aliphatic carbocycles. The molecule has 0 aromatic heterocycles. The van der Waals surface area contributed by atoms with Gasteiger partial charge in [0.1, 0.15) is 0 Å². The van der Waals surface area contributed by atoms with Gasteiger partial charge in [0.2, 0.25) is 5.91 Å². The Labute approximate surface area is 102 Å². The summed E-state index contributed by atoms with van der Waals surface area (Å²) in [4.78, 5) is 23.4. The number of methoxy groups -OCH3 is 2. The van der Waals surface area contributed by atoms with Gasteiger partial charge in [-0.25, -0.2) is 4.79 Å². The van der Waals surface area contributed by atoms with Crippen LogP contribution in [0.3, 0.4) is 0 Å². The highest BCUT2D eigenvalue weighted by molar-refractivity contribution is 5.88. The lowest BCUT2D eigenvalue weighted by Gasteiger charge is -2.29. The molecule has 0 spiro atoms. The molecule has 17 heavy (non-hydrogen) atoms. The monoisotopic (exact) mass is 246 g/mol. The molecule has 3 N–H and O–H groups in total. The van der Waals surface area contributed by atoms with Crippen LogP contribution in [0.15, 0.2) is 0 Å². The maximum atomic E-state index is 11.8. The topological polar surface area (TPSA) is 90.6 Å². The van der Waals surface area contributed by atoms with Crippen molar-refractivity contribution in [1.82, 2.24) is 5.32 Å². The number of ether oxygens (including phenoxy) is 2. The van der Waals surface area contributed by atoms with Gasteiger partial charge in [-0.3, -0.25) is 4.79 Å². The van der Waals surface area contributed by atoms with Gasteiger partial charge in [-0.2, -0.15) is 0 Å². The van der Waals surface area contributed by atoms with Crippen LogP contribution < -0.4 is 11.1 Å². The zero-order valence-electron chi connectivity index (χ0n) is 11.1. The molecule has 0 aromatic rings. The fourth-order valence-corrected chi connectivity index (χ4v) is 1.28. The van der Waals surface area contributed by atoms with Crippen molar-refractivity contribution in [1.29, 1.82) is 0 Å². The first-order valence-corrected chi connectivity index (χ1v) is 5.43. The number of hydrogen-bond donors (Lipinski definition) is 2. The Kier molecular flexibility index (Phi) is 6.12. The normalized spacial score (nSPS) is 17.8. The molecular formula is C11H22N2O4. The van der Waals surface area contributed by atoms with Gasteiger partial charge >= 0.3 is 5.97 Å². The smallest absolute Gasteiger partial charge is 0.333 e. The van der Waals surface area contributed by atoms with Crippen molar-refractivity contribution in [3.05, 3.63) is 0 Å². The summed E-state index contributed by atoms with van der Waals surface area (Å²) in [5.41, 5.74) is 4.44. The van der Waals surface area contributed by atoms with Crippen LogP contribution in [0.4, 0.5) is 0 Å². The van der Waals surface area contributed by atoms with E-state index < -0.39 is 17.4 Å². The van der Waals surface area contributed by atoms with Crippen LogP contribution >= 0.6 is 0 Å². The highest BCUT2D eigenvalue weighted by Gasteiger charge is 2.37. The van der Waals surface area contributed by atoms with E-state index in [4.69, 9.17) is 10.5 Å². The number of nitrogens with one attached hydrogen (secondary N) is 1. The van der Waals surface area contributed by atoms with Gasteiger partial charge in [0, 0.05) is 19.1 Å². The van der Waals surface area contributed by atoms with E-state index >= 15 is 0 Å². The van der Waals surface area contributed by atoms with Crippen LogP contribution in [0.2, 0.25) is 0 Å². The Morgan fingerprint density at radius 2 is 1.88 bits per heavy atom. The number of amides is 1. The van der Waals surface area contributed by atoms with Crippen LogP contribution in [0.25, 0.3) is 0 Å². The second-order valence-electron chi connectivity index (χ2n) is 4.39. The third kappa shape index (κ3) is 4.32. The summed E-state index contributed by atoms with van der Waals surface area (Å²) in [6, 6.07) is -0.292. The summed E-state index contributed by atoms with van der Waals surface area (Å²) in [6.07, 6.45) is 0. The van der Waals surface area contributed by atoms with E-state index in [9.17, 15) is 9.59 Å². The molecule has 100 valence electrons. The molecule has 0 saturated heterocycles. The van der Waals surface area contributed by atoms with Gasteiger partial charge in [0.05, 0.1) is 13.7 Å². The molecule has 6 heteroatoms. The summed E-state index contributed by atoms with van der Waals surface area (Å²) in [7, 11) is 2.71. The highest BCUT2D eigenvalue weighted by atomic mass is 16.5. The number of nitrogens with two attached hydrogens (primary N) is 1. The van der Waals surface area contributed by atoms with Gasteiger partial charge in [-0.05, 0) is 13.8 Å². The average molecular weight is 246 g/mol. The average Bonchev–Trinajstić information content (AvgIpc) is 2.26. The minimum atomic E-state index is -1.19. The van der Waals surface area contributed by atoms with Gasteiger partial charge in [-0.1, -0.05) is 6.92 Å². The standard InChI is InChI=1S/C11H22N2O4/c1-7(8(2)12)9(14)13-11(3,6-16-4)10(15)17-5/h7-8H,6,12H2,1-5H3,(H,13,14). The lowest BCUT2D eigenvalue weighted by atomic mass is 9.99. The fraction of sp³-hybridized carbons (Fsp3) is 0.818. The number of rotatable bonds is 6. The first kappa shape index (κ1) is 15.9. The highest BCUT2D eigenvalue weighted by Crippen LogP contribution is 2.10. The van der Waals surface area contributed by atoms with E-state index in [1.807, 2.05) is 0 Å². The lowest BCUT2D eigenvalue weighted by Crippen LogP contribution is -2.58. The lowest BCUT2D eigenvalue weighted by molar-refractivity contribution is -0.153. The SMILES string of the molecule is COCC(C)(NC(=O)C(C)C(C)N)C(=O)OC. The van der Waals surface area contributed by atoms with Gasteiger partial charge in [0.15, 0.2) is 5.54 Å². The third-order valence-corrected chi connectivity index (χ3v) is 2.67. The van der Waals surface area contributed by atoms with Crippen LogP contribution in [0.1, 0.15) is 20.8 Å². The summed E-state index contributed by atoms with van der Waals surface area (Å²) in [6.45, 7) is 5.02. The predicted octanol–water partition coefficient (Wildman–Crippen LogP) is -0.336. The Morgan fingerprint density at radius 1 is 1.35 bits per heavy atom. The summed E-state index contributed by atoms with van der Waals surface area (Å²) >= 11 is 0. The molecule has 0 fully saturated rings. The van der Waals surface area contributed by atoms with Crippen molar-refractivity contribution in [3.63, 3.8) is 0 Å². The van der Waals surface area contributed by atoms with E-state index in [1.54, 1.807) is 20.8 Å². The van der Waals surface area contributed by atoms with E-state index in [2.05, 4.69) is 10.1 Å². The Morgan fingerprint density at radius 3 is 2.24 bits per heavy atom. The number of esters is 1. The molecule has 0 aliphatic rings. The van der Waals surface area contributed by atoms with E-state index in [0.717, 1.165) is 0 Å². The third-order valence-electron chi connectivity index (χ3n) is 2.67. The molecule has 1 amide bonds. The molecule has 0 heterocycles. The van der Waals surface area contributed by atoms with E-state index in [1.165, 1.54) is 14.2 Å². The first-order valence-electron chi connectivity index (χ1n) is 5.43. The minimum Gasteiger partial charge on any atom is -0.467 e. The number of carbonyl (C=O) groups excluding carboxylic acids is 2. The second-order valence-corrected chi connectivity index (χ2v) is 4.39. The van der Waals surface area contributed by atoms with Crippen molar-refractivity contribution >= 4 is 11.9 Å².